The van der Waals surface area contributed by atoms with Crippen molar-refractivity contribution in [1.82, 2.24) is 0 Å². The van der Waals surface area contributed by atoms with E-state index in [1.165, 1.54) is 0 Å². The Morgan fingerprint density at radius 3 is 1.38 bits per heavy atom. The molecule has 0 unspecified atom stereocenters. The van der Waals surface area contributed by atoms with Gasteiger partial charge in [-0.05, 0) is 111 Å². The molecule has 0 heterocycles. The maximum Gasteiger partial charge on any atom is 0.379 e. The van der Waals surface area contributed by atoms with Crippen LogP contribution in [-0.4, -0.2) is 91.0 Å². The fraction of sp³-hybridized carbons (Fsp3) is 0.714. The second kappa shape index (κ2) is 16.8. The van der Waals surface area contributed by atoms with Crippen LogP contribution in [0, 0.1) is 0 Å². The SMILES string of the molecule is C[Si](C)(C)O[Si](C)(C)O[Si](C)(C)O[Si](C)(CCCOCCOC(=O)C(=O)c1ccccc1)O[Si](C)(C)O[Si](C)(C)O[Si](C)(C)C. The molecule has 0 saturated heterocycles. The average Bonchev–Trinajstić information content (AvgIpc) is 2.77. The third kappa shape index (κ3) is 19.3. The van der Waals surface area contributed by atoms with E-state index in [4.69, 9.17) is 34.2 Å². The summed E-state index contributed by atoms with van der Waals surface area (Å²) in [7, 11) is -16.7. The smallest absolute Gasteiger partial charge is 0.379 e. The molecule has 45 heavy (non-hydrogen) atoms. The van der Waals surface area contributed by atoms with Crippen molar-refractivity contribution in [3.05, 3.63) is 35.9 Å². The van der Waals surface area contributed by atoms with Crippen LogP contribution >= 0.6 is 0 Å². The molecule has 10 nitrogen and oxygen atoms in total. The lowest BCUT2D eigenvalue weighted by atomic mass is 10.1. The first-order valence-electron chi connectivity index (χ1n) is 15.7. The minimum Gasteiger partial charge on any atom is -0.457 e. The predicted molar refractivity (Wildman–Crippen MR) is 197 cm³/mol. The highest BCUT2D eigenvalue weighted by atomic mass is 28.5. The molecular weight excluding hydrogens is 693 g/mol. The maximum atomic E-state index is 12.2. The third-order valence-corrected chi connectivity index (χ3v) is 31.0. The number of rotatable bonds is 21. The first kappa shape index (κ1) is 42.6. The minimum absolute atomic E-state index is 0.00568. The summed E-state index contributed by atoms with van der Waals surface area (Å²) in [6, 6.07) is 9.01. The van der Waals surface area contributed by atoms with Crippen molar-refractivity contribution in [2.24, 2.45) is 0 Å². The minimum atomic E-state index is -2.86. The maximum absolute atomic E-state index is 12.2. The average molecular weight is 753 g/mol. The van der Waals surface area contributed by atoms with Gasteiger partial charge >= 0.3 is 48.8 Å². The molecule has 0 radical (unpaired) electrons. The van der Waals surface area contributed by atoms with E-state index in [2.05, 4.69) is 98.2 Å². The number of Topliss-reactive ketones (excluding diaryl/α,β-unsaturated/α-hetero) is 1. The molecule has 0 aliphatic rings. The van der Waals surface area contributed by atoms with Crippen LogP contribution in [0.3, 0.4) is 0 Å². The van der Waals surface area contributed by atoms with E-state index in [1.54, 1.807) is 30.3 Å². The van der Waals surface area contributed by atoms with E-state index in [-0.39, 0.29) is 13.2 Å². The molecule has 0 spiro atoms. The lowest BCUT2D eigenvalue weighted by molar-refractivity contribution is -0.139. The Hall–Kier alpha value is -0.402. The number of hydrogen-bond donors (Lipinski definition) is 0. The van der Waals surface area contributed by atoms with Crippen molar-refractivity contribution >= 4 is 71.2 Å². The van der Waals surface area contributed by atoms with Crippen LogP contribution < -0.4 is 0 Å². The van der Waals surface area contributed by atoms with Crippen molar-refractivity contribution in [3.8, 4) is 0 Å². The van der Waals surface area contributed by atoms with Crippen molar-refractivity contribution in [2.45, 2.75) is 111 Å². The van der Waals surface area contributed by atoms with Gasteiger partial charge in [-0.3, -0.25) is 4.79 Å². The van der Waals surface area contributed by atoms with Crippen molar-refractivity contribution < 1.29 is 43.8 Å². The van der Waals surface area contributed by atoms with Crippen LogP contribution in [0.1, 0.15) is 16.8 Å². The molecule has 1 rings (SSSR count). The molecule has 0 amide bonds. The largest absolute Gasteiger partial charge is 0.457 e. The zero-order chi connectivity index (χ0) is 35.0. The van der Waals surface area contributed by atoms with Gasteiger partial charge in [0.15, 0.2) is 16.6 Å². The predicted octanol–water partition coefficient (Wildman–Crippen LogP) is 7.47. The van der Waals surface area contributed by atoms with E-state index >= 15 is 0 Å². The van der Waals surface area contributed by atoms with Gasteiger partial charge < -0.3 is 34.2 Å². The molecule has 17 heteroatoms. The number of benzene rings is 1. The van der Waals surface area contributed by atoms with Crippen molar-refractivity contribution in [3.63, 3.8) is 0 Å². The topological polar surface area (TPSA) is 108 Å². The Morgan fingerprint density at radius 2 is 0.956 bits per heavy atom. The van der Waals surface area contributed by atoms with E-state index in [1.807, 2.05) is 0 Å². The lowest BCUT2D eigenvalue weighted by Gasteiger charge is -2.44. The number of hydrogen-bond acceptors (Lipinski definition) is 10. The molecule has 0 aromatic heterocycles. The van der Waals surface area contributed by atoms with Gasteiger partial charge in [0, 0.05) is 12.2 Å². The van der Waals surface area contributed by atoms with E-state index in [0.717, 1.165) is 0 Å². The monoisotopic (exact) mass is 752 g/mol. The molecule has 0 fully saturated rings. The van der Waals surface area contributed by atoms with Gasteiger partial charge in [0.05, 0.1) is 6.61 Å². The second-order valence-corrected chi connectivity index (χ2v) is 42.4. The van der Waals surface area contributed by atoms with Crippen LogP contribution in [0.4, 0.5) is 0 Å². The summed E-state index contributed by atoms with van der Waals surface area (Å²) < 4.78 is 51.1. The second-order valence-electron chi connectivity index (χ2n) is 15.1. The molecule has 0 atom stereocenters. The van der Waals surface area contributed by atoms with Gasteiger partial charge in [0.1, 0.15) is 6.61 Å². The highest BCUT2D eigenvalue weighted by molar-refractivity contribution is 6.92. The summed E-state index contributed by atoms with van der Waals surface area (Å²) in [5.41, 5.74) is 0.301. The lowest BCUT2D eigenvalue weighted by Crippen LogP contribution is -2.61. The van der Waals surface area contributed by atoms with E-state index in [9.17, 15) is 9.59 Å². The Labute approximate surface area is 280 Å². The van der Waals surface area contributed by atoms with E-state index < -0.39 is 71.2 Å². The normalized spacial score (nSPS) is 14.0. The van der Waals surface area contributed by atoms with Gasteiger partial charge in [0.25, 0.3) is 5.78 Å². The molecule has 0 aliphatic heterocycles. The van der Waals surface area contributed by atoms with Crippen molar-refractivity contribution in [1.29, 1.82) is 0 Å². The van der Waals surface area contributed by atoms with Gasteiger partial charge in [-0.15, -0.1) is 0 Å². The number of esters is 1. The molecule has 1 aromatic rings. The first-order valence-corrected chi connectivity index (χ1v) is 36.3. The first-order chi connectivity index (χ1) is 20.1. The van der Waals surface area contributed by atoms with Crippen LogP contribution in [0.15, 0.2) is 30.3 Å². The van der Waals surface area contributed by atoms with Crippen molar-refractivity contribution in [2.75, 3.05) is 19.8 Å². The van der Waals surface area contributed by atoms with Gasteiger partial charge in [-0.1, -0.05) is 30.3 Å². The fourth-order valence-electron chi connectivity index (χ4n) is 5.47. The number of ether oxygens (including phenoxy) is 2. The molecule has 1 aromatic carbocycles. The number of carbonyl (C=O) groups excluding carboxylic acids is 2. The molecular formula is C28H60O10Si7. The summed E-state index contributed by atoms with van der Waals surface area (Å²) in [6.45, 7) is 32.3. The van der Waals surface area contributed by atoms with Crippen LogP contribution in [0.25, 0.3) is 0 Å². The standard InChI is InChI=1S/C28H60O10Si7/c1-39(2,3)33-41(7,8)35-43(11,12)37-45(15,38-44(13,14)36-42(9,10)34-40(4,5)6)25-19-22-31-23-24-32-28(30)27(29)26-20-17-16-18-21-26/h16-18,20-21H,19,22-25H2,1-15H3. The third-order valence-electron chi connectivity index (χ3n) is 5.61. The highest BCUT2D eigenvalue weighted by Crippen LogP contribution is 2.31. The van der Waals surface area contributed by atoms with Gasteiger partial charge in [-0.25, -0.2) is 4.79 Å². The highest BCUT2D eigenvalue weighted by Gasteiger charge is 2.49. The van der Waals surface area contributed by atoms with Crippen LogP contribution in [-0.2, 0) is 39.0 Å². The quantitative estimate of drug-likeness (QED) is 0.0413. The van der Waals surface area contributed by atoms with Crippen LogP contribution in [0.2, 0.25) is 104 Å². The van der Waals surface area contributed by atoms with Gasteiger partial charge in [0.2, 0.25) is 0 Å². The van der Waals surface area contributed by atoms with Gasteiger partial charge in [-0.2, -0.15) is 0 Å². The summed E-state index contributed by atoms with van der Waals surface area (Å²) in [4.78, 5) is 24.3. The number of carbonyl (C=O) groups is 2. The summed E-state index contributed by atoms with van der Waals surface area (Å²) in [5.74, 6) is -1.56. The molecule has 0 saturated carbocycles. The Morgan fingerprint density at radius 1 is 0.533 bits per heavy atom. The molecule has 260 valence electrons. The molecule has 0 bridgehead atoms. The molecule has 0 N–H and O–H groups in total. The van der Waals surface area contributed by atoms with Crippen LogP contribution in [0.5, 0.6) is 0 Å². The summed E-state index contributed by atoms with van der Waals surface area (Å²) in [5, 5.41) is 0. The Balaban J connectivity index is 2.89. The Bertz CT molecular complexity index is 1040. The zero-order valence-electron chi connectivity index (χ0n) is 30.5. The van der Waals surface area contributed by atoms with E-state index in [0.29, 0.717) is 24.6 Å². The molecule has 0 aliphatic carbocycles. The zero-order valence-corrected chi connectivity index (χ0v) is 37.5. The summed E-state index contributed by atoms with van der Waals surface area (Å²) in [6.07, 6.45) is 0.674. The Kier molecular flexibility index (Phi) is 15.9. The fourth-order valence-corrected chi connectivity index (χ4v) is 39.4. The summed E-state index contributed by atoms with van der Waals surface area (Å²) >= 11 is 0. The number of ketones is 1.